The molecular formula is C20H31FN4OS. The minimum atomic E-state index is -0.138. The third-order valence-corrected chi connectivity index (χ3v) is 5.70. The van der Waals surface area contributed by atoms with Crippen LogP contribution < -0.4 is 10.6 Å². The summed E-state index contributed by atoms with van der Waals surface area (Å²) in [5.41, 5.74) is 0.747. The van der Waals surface area contributed by atoms with Crippen LogP contribution in [0.1, 0.15) is 31.7 Å². The molecule has 0 atom stereocenters. The molecule has 1 aromatic carbocycles. The molecule has 7 heteroatoms. The standard InChI is InChI=1S/C20H31FN4OS/c1-3-23-20(25-11-8-16(9-12-25)14-19(26)22-2)24-10-13-27-15-17-6-4-5-7-18(17)21/h4-7,16H,3,8-15H2,1-2H3,(H,22,26)(H,23,24). The molecule has 0 bridgehead atoms. The molecule has 1 heterocycles. The summed E-state index contributed by atoms with van der Waals surface area (Å²) in [7, 11) is 1.69. The molecule has 2 N–H and O–H groups in total. The lowest BCUT2D eigenvalue weighted by atomic mass is 9.93. The van der Waals surface area contributed by atoms with E-state index >= 15 is 0 Å². The number of carbonyl (C=O) groups excluding carboxylic acids is 1. The van der Waals surface area contributed by atoms with Gasteiger partial charge < -0.3 is 15.5 Å². The van der Waals surface area contributed by atoms with Crippen LogP contribution in [0, 0.1) is 11.7 Å². The summed E-state index contributed by atoms with van der Waals surface area (Å²) >= 11 is 1.70. The molecule has 27 heavy (non-hydrogen) atoms. The van der Waals surface area contributed by atoms with Gasteiger partial charge in [-0.3, -0.25) is 9.79 Å². The van der Waals surface area contributed by atoms with Crippen LogP contribution in [0.25, 0.3) is 0 Å². The van der Waals surface area contributed by atoms with E-state index in [2.05, 4.69) is 22.5 Å². The number of rotatable bonds is 8. The minimum absolute atomic E-state index is 0.126. The van der Waals surface area contributed by atoms with Crippen molar-refractivity contribution in [2.45, 2.75) is 31.9 Å². The number of amides is 1. The first kappa shape index (κ1) is 21.5. The summed E-state index contributed by atoms with van der Waals surface area (Å²) in [4.78, 5) is 18.6. The van der Waals surface area contributed by atoms with E-state index < -0.39 is 0 Å². The van der Waals surface area contributed by atoms with Gasteiger partial charge in [0.2, 0.25) is 5.91 Å². The first-order chi connectivity index (χ1) is 13.1. The van der Waals surface area contributed by atoms with Crippen molar-refractivity contribution in [3.05, 3.63) is 35.6 Å². The van der Waals surface area contributed by atoms with Gasteiger partial charge in [-0.25, -0.2) is 4.39 Å². The van der Waals surface area contributed by atoms with Crippen LogP contribution in [0.15, 0.2) is 29.3 Å². The molecule has 2 rings (SSSR count). The molecule has 1 fully saturated rings. The summed E-state index contributed by atoms with van der Waals surface area (Å²) in [5.74, 6) is 2.92. The van der Waals surface area contributed by atoms with Crippen molar-refractivity contribution in [1.29, 1.82) is 0 Å². The summed E-state index contributed by atoms with van der Waals surface area (Å²) in [6.07, 6.45) is 2.64. The van der Waals surface area contributed by atoms with Crippen LogP contribution in [-0.2, 0) is 10.5 Å². The maximum Gasteiger partial charge on any atom is 0.220 e. The molecule has 1 amide bonds. The summed E-state index contributed by atoms with van der Waals surface area (Å²) in [6.45, 7) is 5.46. The Hall–Kier alpha value is -1.76. The Morgan fingerprint density at radius 3 is 2.74 bits per heavy atom. The number of benzene rings is 1. The van der Waals surface area contributed by atoms with Gasteiger partial charge in [-0.05, 0) is 37.3 Å². The highest BCUT2D eigenvalue weighted by Gasteiger charge is 2.22. The van der Waals surface area contributed by atoms with Gasteiger partial charge in [-0.1, -0.05) is 18.2 Å². The molecule has 0 unspecified atom stereocenters. The second-order valence-electron chi connectivity index (χ2n) is 6.69. The fourth-order valence-corrected chi connectivity index (χ4v) is 3.97. The largest absolute Gasteiger partial charge is 0.359 e. The predicted octanol–water partition coefficient (Wildman–Crippen LogP) is 2.87. The first-order valence-electron chi connectivity index (χ1n) is 9.69. The van der Waals surface area contributed by atoms with Crippen LogP contribution in [0.2, 0.25) is 0 Å². The van der Waals surface area contributed by atoms with Crippen molar-refractivity contribution in [3.8, 4) is 0 Å². The monoisotopic (exact) mass is 394 g/mol. The lowest BCUT2D eigenvalue weighted by molar-refractivity contribution is -0.121. The maximum absolute atomic E-state index is 13.6. The van der Waals surface area contributed by atoms with E-state index in [1.165, 1.54) is 6.07 Å². The smallest absolute Gasteiger partial charge is 0.220 e. The third kappa shape index (κ3) is 7.40. The van der Waals surface area contributed by atoms with E-state index in [1.54, 1.807) is 24.9 Å². The molecule has 0 spiro atoms. The van der Waals surface area contributed by atoms with Crippen molar-refractivity contribution in [3.63, 3.8) is 0 Å². The summed E-state index contributed by atoms with van der Waals surface area (Å²) in [6, 6.07) is 6.92. The van der Waals surface area contributed by atoms with Gasteiger partial charge in [0.05, 0.1) is 6.54 Å². The van der Waals surface area contributed by atoms with Crippen LogP contribution in [-0.4, -0.2) is 55.7 Å². The number of aliphatic imine (C=N–C) groups is 1. The average Bonchev–Trinajstić information content (AvgIpc) is 2.69. The molecule has 1 saturated heterocycles. The summed E-state index contributed by atoms with van der Waals surface area (Å²) < 4.78 is 13.6. The zero-order valence-electron chi connectivity index (χ0n) is 16.3. The Kier molecular flexibility index (Phi) is 9.45. The minimum Gasteiger partial charge on any atom is -0.359 e. The molecule has 0 radical (unpaired) electrons. The van der Waals surface area contributed by atoms with Crippen molar-refractivity contribution >= 4 is 23.6 Å². The van der Waals surface area contributed by atoms with Crippen molar-refractivity contribution < 1.29 is 9.18 Å². The number of hydrogen-bond donors (Lipinski definition) is 2. The second-order valence-corrected chi connectivity index (χ2v) is 7.79. The molecule has 5 nitrogen and oxygen atoms in total. The molecule has 1 aliphatic heterocycles. The number of halogens is 1. The van der Waals surface area contributed by atoms with Gasteiger partial charge in [0.1, 0.15) is 5.82 Å². The van der Waals surface area contributed by atoms with Gasteiger partial charge in [0, 0.05) is 44.6 Å². The van der Waals surface area contributed by atoms with Gasteiger partial charge in [-0.2, -0.15) is 11.8 Å². The molecule has 0 aliphatic carbocycles. The Morgan fingerprint density at radius 1 is 1.33 bits per heavy atom. The van der Waals surface area contributed by atoms with E-state index in [4.69, 9.17) is 4.99 Å². The van der Waals surface area contributed by atoms with Crippen molar-refractivity contribution in [2.75, 3.05) is 39.0 Å². The quantitative estimate of drug-likeness (QED) is 0.404. The lowest BCUT2D eigenvalue weighted by Crippen LogP contribution is -2.46. The van der Waals surface area contributed by atoms with Gasteiger partial charge in [0.25, 0.3) is 0 Å². The number of thioether (sulfide) groups is 1. The molecule has 1 aromatic rings. The fraction of sp³-hybridized carbons (Fsp3) is 0.600. The average molecular weight is 395 g/mol. The highest BCUT2D eigenvalue weighted by Crippen LogP contribution is 2.20. The van der Waals surface area contributed by atoms with Crippen LogP contribution in [0.3, 0.4) is 0 Å². The van der Waals surface area contributed by atoms with Crippen LogP contribution in [0.4, 0.5) is 4.39 Å². The number of carbonyl (C=O) groups is 1. The number of nitrogens with one attached hydrogen (secondary N) is 2. The Bertz CT molecular complexity index is 618. The van der Waals surface area contributed by atoms with E-state index in [0.717, 1.165) is 49.8 Å². The van der Waals surface area contributed by atoms with E-state index in [9.17, 15) is 9.18 Å². The van der Waals surface area contributed by atoms with Crippen LogP contribution >= 0.6 is 11.8 Å². The highest BCUT2D eigenvalue weighted by atomic mass is 32.2. The number of guanidine groups is 1. The number of piperidine rings is 1. The maximum atomic E-state index is 13.6. The third-order valence-electron chi connectivity index (χ3n) is 4.71. The SMILES string of the molecule is CCNC(=NCCSCc1ccccc1F)N1CCC(CC(=O)NC)CC1. The Morgan fingerprint density at radius 2 is 2.07 bits per heavy atom. The van der Waals surface area contributed by atoms with Gasteiger partial charge >= 0.3 is 0 Å². The zero-order chi connectivity index (χ0) is 19.5. The molecular weight excluding hydrogens is 363 g/mol. The zero-order valence-corrected chi connectivity index (χ0v) is 17.2. The molecule has 0 saturated carbocycles. The van der Waals surface area contributed by atoms with E-state index in [1.807, 2.05) is 12.1 Å². The van der Waals surface area contributed by atoms with Crippen LogP contribution in [0.5, 0.6) is 0 Å². The fourth-order valence-electron chi connectivity index (χ4n) is 3.15. The molecule has 0 aromatic heterocycles. The van der Waals surface area contributed by atoms with E-state index in [0.29, 0.717) is 24.6 Å². The van der Waals surface area contributed by atoms with Crippen molar-refractivity contribution in [2.24, 2.45) is 10.9 Å². The highest BCUT2D eigenvalue weighted by molar-refractivity contribution is 7.98. The summed E-state index contributed by atoms with van der Waals surface area (Å²) in [5, 5.41) is 6.07. The lowest BCUT2D eigenvalue weighted by Gasteiger charge is -2.34. The predicted molar refractivity (Wildman–Crippen MR) is 112 cm³/mol. The number of likely N-dealkylation sites (tertiary alicyclic amines) is 1. The second kappa shape index (κ2) is 11.8. The number of hydrogen-bond acceptors (Lipinski definition) is 3. The molecule has 1 aliphatic rings. The topological polar surface area (TPSA) is 56.7 Å². The number of nitrogens with zero attached hydrogens (tertiary/aromatic N) is 2. The first-order valence-corrected chi connectivity index (χ1v) is 10.8. The molecule has 150 valence electrons. The van der Waals surface area contributed by atoms with Crippen molar-refractivity contribution in [1.82, 2.24) is 15.5 Å². The van der Waals surface area contributed by atoms with Gasteiger partial charge in [0.15, 0.2) is 5.96 Å². The van der Waals surface area contributed by atoms with Gasteiger partial charge in [-0.15, -0.1) is 0 Å². The Labute approximate surface area is 166 Å². The normalized spacial score (nSPS) is 15.7. The van der Waals surface area contributed by atoms with E-state index in [-0.39, 0.29) is 11.7 Å². The Balaban J connectivity index is 1.75.